The van der Waals surface area contributed by atoms with Gasteiger partial charge in [-0.25, -0.2) is 0 Å². The molecule has 1 unspecified atom stereocenters. The number of rotatable bonds is 7. The SMILES string of the molecule is O=C(O)CNCC1CCCN(CCC2CC2)C1. The lowest BCUT2D eigenvalue weighted by atomic mass is 9.97. The predicted molar refractivity (Wildman–Crippen MR) is 67.0 cm³/mol. The third-order valence-corrected chi connectivity index (χ3v) is 3.86. The van der Waals surface area contributed by atoms with Crippen molar-refractivity contribution < 1.29 is 9.90 Å². The van der Waals surface area contributed by atoms with Crippen molar-refractivity contribution in [3.63, 3.8) is 0 Å². The van der Waals surface area contributed by atoms with Gasteiger partial charge in [0.1, 0.15) is 0 Å². The highest BCUT2D eigenvalue weighted by molar-refractivity contribution is 5.68. The third kappa shape index (κ3) is 5.04. The summed E-state index contributed by atoms with van der Waals surface area (Å²) in [6.07, 6.45) is 6.76. The number of carboxylic acid groups (broad SMARTS) is 1. The predicted octanol–water partition coefficient (Wildman–Crippen LogP) is 1.17. The van der Waals surface area contributed by atoms with Gasteiger partial charge in [0.25, 0.3) is 0 Å². The van der Waals surface area contributed by atoms with E-state index in [1.807, 2.05) is 0 Å². The molecule has 0 spiro atoms. The van der Waals surface area contributed by atoms with Crippen LogP contribution in [0.3, 0.4) is 0 Å². The standard InChI is InChI=1S/C13H24N2O2/c16-13(17)9-14-8-12-2-1-6-15(10-12)7-5-11-3-4-11/h11-12,14H,1-10H2,(H,16,17). The highest BCUT2D eigenvalue weighted by atomic mass is 16.4. The second-order valence-electron chi connectivity index (χ2n) is 5.57. The second-order valence-corrected chi connectivity index (χ2v) is 5.57. The Bertz CT molecular complexity index is 254. The molecule has 0 aromatic carbocycles. The van der Waals surface area contributed by atoms with Crippen LogP contribution in [0.1, 0.15) is 32.1 Å². The summed E-state index contributed by atoms with van der Waals surface area (Å²) in [5, 5.41) is 11.6. The number of carboxylic acids is 1. The molecule has 0 amide bonds. The van der Waals surface area contributed by atoms with E-state index in [-0.39, 0.29) is 6.54 Å². The fourth-order valence-electron chi connectivity index (χ4n) is 2.68. The van der Waals surface area contributed by atoms with Gasteiger partial charge in [0.2, 0.25) is 0 Å². The molecule has 1 atom stereocenters. The van der Waals surface area contributed by atoms with Crippen LogP contribution >= 0.6 is 0 Å². The lowest BCUT2D eigenvalue weighted by molar-refractivity contribution is -0.136. The lowest BCUT2D eigenvalue weighted by Crippen LogP contribution is -2.41. The molecule has 4 heteroatoms. The van der Waals surface area contributed by atoms with Crippen molar-refractivity contribution in [3.8, 4) is 0 Å². The maximum atomic E-state index is 10.4. The van der Waals surface area contributed by atoms with E-state index in [0.29, 0.717) is 5.92 Å². The third-order valence-electron chi connectivity index (χ3n) is 3.86. The molecular weight excluding hydrogens is 216 g/mol. The van der Waals surface area contributed by atoms with Gasteiger partial charge in [-0.15, -0.1) is 0 Å². The Morgan fingerprint density at radius 3 is 2.82 bits per heavy atom. The number of nitrogens with one attached hydrogen (secondary N) is 1. The first kappa shape index (κ1) is 12.8. The summed E-state index contributed by atoms with van der Waals surface area (Å²) in [4.78, 5) is 13.0. The Labute approximate surface area is 103 Å². The molecule has 1 aliphatic heterocycles. The van der Waals surface area contributed by atoms with Crippen molar-refractivity contribution in [2.45, 2.75) is 32.1 Å². The molecule has 0 radical (unpaired) electrons. The lowest BCUT2D eigenvalue weighted by Gasteiger charge is -2.32. The maximum Gasteiger partial charge on any atom is 0.317 e. The van der Waals surface area contributed by atoms with Gasteiger partial charge in [0.15, 0.2) is 0 Å². The summed E-state index contributed by atoms with van der Waals surface area (Å²) in [7, 11) is 0. The quantitative estimate of drug-likeness (QED) is 0.701. The van der Waals surface area contributed by atoms with Crippen LogP contribution < -0.4 is 5.32 Å². The van der Waals surface area contributed by atoms with Gasteiger partial charge in [0, 0.05) is 6.54 Å². The van der Waals surface area contributed by atoms with Gasteiger partial charge in [-0.2, -0.15) is 0 Å². The molecule has 0 bridgehead atoms. The number of aliphatic carboxylic acids is 1. The Hall–Kier alpha value is -0.610. The molecule has 1 saturated carbocycles. The average molecular weight is 240 g/mol. The smallest absolute Gasteiger partial charge is 0.317 e. The van der Waals surface area contributed by atoms with Gasteiger partial charge < -0.3 is 15.3 Å². The summed E-state index contributed by atoms with van der Waals surface area (Å²) in [6.45, 7) is 4.59. The van der Waals surface area contributed by atoms with E-state index in [9.17, 15) is 4.79 Å². The minimum atomic E-state index is -0.758. The van der Waals surface area contributed by atoms with Crippen molar-refractivity contribution in [1.82, 2.24) is 10.2 Å². The zero-order valence-corrected chi connectivity index (χ0v) is 10.5. The van der Waals surface area contributed by atoms with E-state index in [1.54, 1.807) is 0 Å². The molecule has 2 fully saturated rings. The summed E-state index contributed by atoms with van der Waals surface area (Å²) >= 11 is 0. The van der Waals surface area contributed by atoms with Crippen LogP contribution in [0.4, 0.5) is 0 Å². The molecule has 1 aliphatic carbocycles. The molecule has 2 rings (SSSR count). The molecule has 0 aromatic rings. The molecule has 17 heavy (non-hydrogen) atoms. The maximum absolute atomic E-state index is 10.4. The Morgan fingerprint density at radius 1 is 1.29 bits per heavy atom. The molecule has 2 aliphatic rings. The molecule has 2 N–H and O–H groups in total. The highest BCUT2D eigenvalue weighted by Crippen LogP contribution is 2.32. The van der Waals surface area contributed by atoms with Gasteiger partial charge in [-0.05, 0) is 50.7 Å². The summed E-state index contributed by atoms with van der Waals surface area (Å²) in [6, 6.07) is 0. The van der Waals surface area contributed by atoms with Gasteiger partial charge in [0.05, 0.1) is 6.54 Å². The molecule has 4 nitrogen and oxygen atoms in total. The molecular formula is C13H24N2O2. The van der Waals surface area contributed by atoms with Crippen molar-refractivity contribution >= 4 is 5.97 Å². The van der Waals surface area contributed by atoms with Crippen LogP contribution in [-0.4, -0.2) is 48.7 Å². The summed E-state index contributed by atoms with van der Waals surface area (Å²) in [5.74, 6) is 0.897. The fraction of sp³-hybridized carbons (Fsp3) is 0.923. The van der Waals surface area contributed by atoms with Crippen LogP contribution in [-0.2, 0) is 4.79 Å². The number of likely N-dealkylation sites (tertiary alicyclic amines) is 1. The Kier molecular flexibility index (Phi) is 4.80. The summed E-state index contributed by atoms with van der Waals surface area (Å²) in [5.41, 5.74) is 0. The second kappa shape index (κ2) is 6.36. The topological polar surface area (TPSA) is 52.6 Å². The van der Waals surface area contributed by atoms with Gasteiger partial charge in [-0.3, -0.25) is 4.79 Å². The van der Waals surface area contributed by atoms with Crippen LogP contribution in [0.5, 0.6) is 0 Å². The number of piperidine rings is 1. The zero-order valence-electron chi connectivity index (χ0n) is 10.5. The highest BCUT2D eigenvalue weighted by Gasteiger charge is 2.24. The van der Waals surface area contributed by atoms with Crippen LogP contribution in [0.2, 0.25) is 0 Å². The van der Waals surface area contributed by atoms with Crippen molar-refractivity contribution in [3.05, 3.63) is 0 Å². The minimum absolute atomic E-state index is 0.0958. The van der Waals surface area contributed by atoms with Crippen molar-refractivity contribution in [1.29, 1.82) is 0 Å². The molecule has 1 heterocycles. The number of hydrogen-bond donors (Lipinski definition) is 2. The van der Waals surface area contributed by atoms with E-state index >= 15 is 0 Å². The number of hydrogen-bond acceptors (Lipinski definition) is 3. The van der Waals surface area contributed by atoms with E-state index in [1.165, 1.54) is 45.2 Å². The van der Waals surface area contributed by atoms with E-state index in [2.05, 4.69) is 10.2 Å². The number of carbonyl (C=O) groups is 1. The average Bonchev–Trinajstić information content (AvgIpc) is 3.10. The van der Waals surface area contributed by atoms with Gasteiger partial charge >= 0.3 is 5.97 Å². The monoisotopic (exact) mass is 240 g/mol. The first-order chi connectivity index (χ1) is 8.24. The normalized spacial score (nSPS) is 26.0. The van der Waals surface area contributed by atoms with E-state index < -0.39 is 5.97 Å². The molecule has 0 aromatic heterocycles. The largest absolute Gasteiger partial charge is 0.480 e. The zero-order chi connectivity index (χ0) is 12.1. The van der Waals surface area contributed by atoms with Crippen molar-refractivity contribution in [2.75, 3.05) is 32.7 Å². The first-order valence-corrected chi connectivity index (χ1v) is 6.89. The van der Waals surface area contributed by atoms with E-state index in [0.717, 1.165) is 19.0 Å². The number of nitrogens with zero attached hydrogens (tertiary/aromatic N) is 1. The van der Waals surface area contributed by atoms with Crippen LogP contribution in [0.15, 0.2) is 0 Å². The molecule has 1 saturated heterocycles. The first-order valence-electron chi connectivity index (χ1n) is 6.89. The fourth-order valence-corrected chi connectivity index (χ4v) is 2.68. The minimum Gasteiger partial charge on any atom is -0.480 e. The van der Waals surface area contributed by atoms with Crippen LogP contribution in [0, 0.1) is 11.8 Å². The Balaban J connectivity index is 1.59. The molecule has 98 valence electrons. The summed E-state index contributed by atoms with van der Waals surface area (Å²) < 4.78 is 0. The van der Waals surface area contributed by atoms with E-state index in [4.69, 9.17) is 5.11 Å². The van der Waals surface area contributed by atoms with Crippen LogP contribution in [0.25, 0.3) is 0 Å². The van der Waals surface area contributed by atoms with Gasteiger partial charge in [-0.1, -0.05) is 12.8 Å². The Morgan fingerprint density at radius 2 is 2.12 bits per heavy atom. The van der Waals surface area contributed by atoms with Crippen molar-refractivity contribution in [2.24, 2.45) is 11.8 Å².